The van der Waals surface area contributed by atoms with Crippen molar-refractivity contribution in [3.8, 4) is 0 Å². The normalized spacial score (nSPS) is 16.2. The Hall–Kier alpha value is -0.920. The first-order valence-corrected chi connectivity index (χ1v) is 10.4. The molecule has 2 N–H and O–H groups in total. The Balaban J connectivity index is 0.00000280. The largest absolute Gasteiger partial charge is 0.434 e. The summed E-state index contributed by atoms with van der Waals surface area (Å²) in [5.41, 5.74) is 0.559. The first-order chi connectivity index (χ1) is 12.9. The molecule has 28 heavy (non-hydrogen) atoms. The van der Waals surface area contributed by atoms with Crippen molar-refractivity contribution in [1.29, 1.82) is 0 Å². The fraction of sp³-hybridized carbons (Fsp3) is 0.529. The fourth-order valence-corrected chi connectivity index (χ4v) is 4.55. The summed E-state index contributed by atoms with van der Waals surface area (Å²) >= 11 is 2.81. The molecular weight excluding hydrogens is 522 g/mol. The van der Waals surface area contributed by atoms with E-state index in [1.54, 1.807) is 7.05 Å². The number of hydrogen-bond donors (Lipinski definition) is 2. The van der Waals surface area contributed by atoms with Gasteiger partial charge in [0.05, 0.1) is 6.54 Å². The van der Waals surface area contributed by atoms with E-state index >= 15 is 0 Å². The molecule has 0 radical (unpaired) electrons. The van der Waals surface area contributed by atoms with Gasteiger partial charge in [0, 0.05) is 43.0 Å². The van der Waals surface area contributed by atoms with Crippen LogP contribution in [0.4, 0.5) is 13.2 Å². The molecule has 2 aromatic rings. The van der Waals surface area contributed by atoms with Gasteiger partial charge in [-0.1, -0.05) is 0 Å². The van der Waals surface area contributed by atoms with Gasteiger partial charge in [0.2, 0.25) is 0 Å². The van der Waals surface area contributed by atoms with E-state index in [1.807, 2.05) is 11.3 Å². The molecule has 0 fully saturated rings. The van der Waals surface area contributed by atoms with Gasteiger partial charge < -0.3 is 10.6 Å². The Morgan fingerprint density at radius 1 is 1.36 bits per heavy atom. The second-order valence-corrected chi connectivity index (χ2v) is 8.31. The van der Waals surface area contributed by atoms with Gasteiger partial charge in [-0.25, -0.2) is 4.98 Å². The van der Waals surface area contributed by atoms with Crippen LogP contribution < -0.4 is 10.6 Å². The summed E-state index contributed by atoms with van der Waals surface area (Å²) in [4.78, 5) is 11.6. The molecule has 5 nitrogen and oxygen atoms in total. The highest BCUT2D eigenvalue weighted by molar-refractivity contribution is 14.0. The summed E-state index contributed by atoms with van der Waals surface area (Å²) in [5.74, 6) is 0.554. The van der Waals surface area contributed by atoms with Gasteiger partial charge in [-0.3, -0.25) is 9.89 Å². The van der Waals surface area contributed by atoms with Crippen molar-refractivity contribution in [3.05, 3.63) is 38.0 Å². The predicted molar refractivity (Wildman–Crippen MR) is 119 cm³/mol. The van der Waals surface area contributed by atoms with Crippen molar-refractivity contribution >= 4 is 52.6 Å². The molecule has 1 atom stereocenters. The van der Waals surface area contributed by atoms with Gasteiger partial charge in [0.25, 0.3) is 0 Å². The molecule has 0 aliphatic carbocycles. The second-order valence-electron chi connectivity index (χ2n) is 6.37. The molecule has 0 saturated heterocycles. The van der Waals surface area contributed by atoms with Crippen LogP contribution >= 0.6 is 46.7 Å². The zero-order valence-corrected chi connectivity index (χ0v) is 19.5. The molecule has 0 saturated carbocycles. The third-order valence-electron chi connectivity index (χ3n) is 4.50. The predicted octanol–water partition coefficient (Wildman–Crippen LogP) is 3.95. The van der Waals surface area contributed by atoms with E-state index in [0.29, 0.717) is 23.6 Å². The smallest absolute Gasteiger partial charge is 0.355 e. The number of nitrogens with one attached hydrogen (secondary N) is 2. The zero-order chi connectivity index (χ0) is 19.4. The van der Waals surface area contributed by atoms with Crippen LogP contribution in [0.3, 0.4) is 0 Å². The van der Waals surface area contributed by atoms with Crippen molar-refractivity contribution < 1.29 is 13.2 Å². The van der Waals surface area contributed by atoms with Crippen LogP contribution in [0.25, 0.3) is 0 Å². The van der Waals surface area contributed by atoms with Gasteiger partial charge in [-0.05, 0) is 30.4 Å². The first-order valence-electron chi connectivity index (χ1n) is 8.62. The number of thiophene rings is 1. The zero-order valence-electron chi connectivity index (χ0n) is 15.5. The molecule has 1 aliphatic heterocycles. The monoisotopic (exact) mass is 545 g/mol. The van der Waals surface area contributed by atoms with E-state index in [9.17, 15) is 13.2 Å². The van der Waals surface area contributed by atoms with E-state index in [2.05, 4.69) is 43.9 Å². The Bertz CT molecular complexity index is 790. The standard InChI is InChI=1S/C17H22F3N5S2.HI/c1-11(25-5-3-13-12(9-25)4-6-26-13)7-22-16(21-2)23-8-15-24-14(10-27-15)17(18,19)20;/h4,6,10-11H,3,5,7-9H2,1-2H3,(H2,21,22,23);1H. The van der Waals surface area contributed by atoms with E-state index in [1.165, 1.54) is 10.4 Å². The molecule has 1 aliphatic rings. The second kappa shape index (κ2) is 10.2. The highest BCUT2D eigenvalue weighted by Gasteiger charge is 2.33. The van der Waals surface area contributed by atoms with Crippen molar-refractivity contribution in [1.82, 2.24) is 20.5 Å². The summed E-state index contributed by atoms with van der Waals surface area (Å²) in [6.07, 6.45) is -3.32. The lowest BCUT2D eigenvalue weighted by molar-refractivity contribution is -0.140. The van der Waals surface area contributed by atoms with Crippen LogP contribution in [0.2, 0.25) is 0 Å². The van der Waals surface area contributed by atoms with Gasteiger partial charge in [0.1, 0.15) is 5.01 Å². The van der Waals surface area contributed by atoms with Gasteiger partial charge in [-0.2, -0.15) is 13.2 Å². The quantitative estimate of drug-likeness (QED) is 0.340. The lowest BCUT2D eigenvalue weighted by atomic mass is 10.1. The third-order valence-corrected chi connectivity index (χ3v) is 6.37. The number of thiazole rings is 1. The van der Waals surface area contributed by atoms with Gasteiger partial charge >= 0.3 is 6.18 Å². The number of alkyl halides is 3. The van der Waals surface area contributed by atoms with Crippen LogP contribution in [-0.4, -0.2) is 42.0 Å². The average molecular weight is 545 g/mol. The molecule has 3 heterocycles. The highest BCUT2D eigenvalue weighted by Crippen LogP contribution is 2.30. The molecule has 3 rings (SSSR count). The third kappa shape index (κ3) is 6.04. The van der Waals surface area contributed by atoms with Gasteiger partial charge in [-0.15, -0.1) is 46.7 Å². The molecule has 0 bridgehead atoms. The van der Waals surface area contributed by atoms with E-state index < -0.39 is 11.9 Å². The van der Waals surface area contributed by atoms with Crippen LogP contribution in [0.15, 0.2) is 21.8 Å². The molecule has 1 unspecified atom stereocenters. The van der Waals surface area contributed by atoms with E-state index in [0.717, 1.165) is 36.2 Å². The minimum absolute atomic E-state index is 0. The number of nitrogens with zero attached hydrogens (tertiary/aromatic N) is 3. The van der Waals surface area contributed by atoms with Crippen molar-refractivity contribution in [2.24, 2.45) is 4.99 Å². The van der Waals surface area contributed by atoms with Gasteiger partial charge in [0.15, 0.2) is 11.7 Å². The number of guanidine groups is 1. The van der Waals surface area contributed by atoms with Crippen LogP contribution in [0.5, 0.6) is 0 Å². The molecule has 2 aromatic heterocycles. The number of fused-ring (bicyclic) bond motifs is 1. The Kier molecular flexibility index (Phi) is 8.52. The lowest BCUT2D eigenvalue weighted by Crippen LogP contribution is -2.47. The first kappa shape index (κ1) is 23.4. The molecule has 0 aromatic carbocycles. The maximum absolute atomic E-state index is 12.6. The summed E-state index contributed by atoms with van der Waals surface area (Å²) < 4.78 is 37.8. The molecular formula is C17H23F3IN5S2. The van der Waals surface area contributed by atoms with Crippen molar-refractivity contribution in [2.45, 2.75) is 38.7 Å². The summed E-state index contributed by atoms with van der Waals surface area (Å²) in [6, 6.07) is 2.50. The van der Waals surface area contributed by atoms with E-state index in [-0.39, 0.29) is 30.5 Å². The topological polar surface area (TPSA) is 52.6 Å². The maximum atomic E-state index is 12.6. The lowest BCUT2D eigenvalue weighted by Gasteiger charge is -2.32. The molecule has 0 amide bonds. The maximum Gasteiger partial charge on any atom is 0.434 e. The van der Waals surface area contributed by atoms with Crippen molar-refractivity contribution in [3.63, 3.8) is 0 Å². The Labute approximate surface area is 187 Å². The minimum Gasteiger partial charge on any atom is -0.355 e. The summed E-state index contributed by atoms with van der Waals surface area (Å²) in [5, 5.41) is 9.82. The number of aliphatic imine (C=N–C) groups is 1. The highest BCUT2D eigenvalue weighted by atomic mass is 127. The minimum atomic E-state index is -4.40. The van der Waals surface area contributed by atoms with Crippen LogP contribution in [0.1, 0.15) is 28.1 Å². The fourth-order valence-electron chi connectivity index (χ4n) is 2.92. The SMILES string of the molecule is CN=C(NCc1nc(C(F)(F)F)cs1)NCC(C)N1CCc2sccc2C1.I. The average Bonchev–Trinajstić information content (AvgIpc) is 3.29. The Morgan fingerprint density at radius 2 is 2.14 bits per heavy atom. The molecule has 156 valence electrons. The van der Waals surface area contributed by atoms with Crippen LogP contribution in [0, 0.1) is 0 Å². The number of hydrogen-bond acceptors (Lipinski definition) is 5. The Morgan fingerprint density at radius 3 is 2.82 bits per heavy atom. The van der Waals surface area contributed by atoms with Crippen LogP contribution in [-0.2, 0) is 25.7 Å². The molecule has 11 heteroatoms. The summed E-state index contributed by atoms with van der Waals surface area (Å²) in [7, 11) is 1.64. The summed E-state index contributed by atoms with van der Waals surface area (Å²) in [6.45, 7) is 5.05. The molecule has 0 spiro atoms. The number of halogens is 4. The van der Waals surface area contributed by atoms with E-state index in [4.69, 9.17) is 0 Å². The van der Waals surface area contributed by atoms with Crippen molar-refractivity contribution in [2.75, 3.05) is 20.1 Å². The number of rotatable bonds is 5. The number of aromatic nitrogens is 1.